The minimum atomic E-state index is -4.55. The summed E-state index contributed by atoms with van der Waals surface area (Å²) in [6.07, 6.45) is -4.06. The van der Waals surface area contributed by atoms with E-state index in [2.05, 4.69) is 21.9 Å². The van der Waals surface area contributed by atoms with E-state index < -0.39 is 56.4 Å². The highest BCUT2D eigenvalue weighted by atomic mass is 31.2. The molecule has 1 heterocycles. The first-order valence-corrected chi connectivity index (χ1v) is 12.9. The number of carbonyl (C=O) groups excluding carboxylic acids is 1. The van der Waals surface area contributed by atoms with Crippen LogP contribution in [0, 0.1) is 11.8 Å². The Labute approximate surface area is 219 Å². The molecule has 0 aliphatic rings. The summed E-state index contributed by atoms with van der Waals surface area (Å²) < 4.78 is 40.8. The van der Waals surface area contributed by atoms with Gasteiger partial charge in [-0.25, -0.2) is 14.2 Å². The molecule has 15 heteroatoms. The Morgan fingerprint density at radius 1 is 1.26 bits per heavy atom. The topological polar surface area (TPSA) is 200 Å². The molecular weight excluding hydrogens is 521 g/mol. The molecule has 0 spiro atoms. The third-order valence-electron chi connectivity index (χ3n) is 4.46. The smallest absolute Gasteiger partial charge is 0.461 e. The number of anilines is 1. The third-order valence-corrected chi connectivity index (χ3v) is 5.93. The summed E-state index contributed by atoms with van der Waals surface area (Å²) in [7, 11) is -4.55. The molecule has 1 aromatic heterocycles. The van der Waals surface area contributed by atoms with Crippen LogP contribution in [-0.4, -0.2) is 56.5 Å². The number of aromatic nitrogens is 3. The molecule has 0 aliphatic carbocycles. The molecule has 14 nitrogen and oxygen atoms in total. The van der Waals surface area contributed by atoms with Crippen LogP contribution in [0.5, 0.6) is 5.75 Å². The maximum absolute atomic E-state index is 13.5. The number of carbonyl (C=O) groups is 1. The van der Waals surface area contributed by atoms with Crippen LogP contribution in [0.1, 0.15) is 40.8 Å². The summed E-state index contributed by atoms with van der Waals surface area (Å²) in [5.74, 6) is 4.42. The average molecular weight is 554 g/mol. The second-order valence-corrected chi connectivity index (χ2v) is 9.94. The van der Waals surface area contributed by atoms with Gasteiger partial charge in [0.05, 0.1) is 12.3 Å². The van der Waals surface area contributed by atoms with Gasteiger partial charge in [0.15, 0.2) is 18.6 Å². The number of nitrogens with zero attached hydrogens (tertiary/aromatic N) is 3. The predicted octanol–water partition coefficient (Wildman–Crippen LogP) is 1.36. The number of hydrogen-bond acceptors (Lipinski definition) is 13. The van der Waals surface area contributed by atoms with Crippen molar-refractivity contribution in [1.29, 1.82) is 0 Å². The average Bonchev–Trinajstić information content (AvgIpc) is 2.82. The highest BCUT2D eigenvalue weighted by Crippen LogP contribution is 2.50. The molecule has 5 atom stereocenters. The van der Waals surface area contributed by atoms with E-state index in [-0.39, 0.29) is 11.6 Å². The quantitative estimate of drug-likeness (QED) is 0.139. The second-order valence-electron chi connectivity index (χ2n) is 8.39. The van der Waals surface area contributed by atoms with E-state index in [1.165, 1.54) is 32.9 Å². The summed E-state index contributed by atoms with van der Waals surface area (Å²) in [6.45, 7) is 6.71. The van der Waals surface area contributed by atoms with Gasteiger partial charge in [-0.1, -0.05) is 24.1 Å². The van der Waals surface area contributed by atoms with Gasteiger partial charge < -0.3 is 30.6 Å². The standard InChI is InChI=1S/C23H32N5O9P/c1-6-12-23(5,25)21(28-22(31)27-18(24)13-26-28)35-19(29)14-33-38(32,37-17-10-8-7-9-11-17)36-16(4)20(30)34-15(2)3/h7-11,13,15-16,19,21,29H,14,25H2,1-5H3,(H2,24,27,31)/t16-,19+,21+,23?,38-/m0/s1. The molecule has 0 amide bonds. The largest absolute Gasteiger partial charge is 0.531 e. The van der Waals surface area contributed by atoms with Gasteiger partial charge >= 0.3 is 19.5 Å². The molecule has 0 saturated heterocycles. The minimum absolute atomic E-state index is 0.102. The van der Waals surface area contributed by atoms with Gasteiger partial charge in [0.25, 0.3) is 0 Å². The van der Waals surface area contributed by atoms with Crippen molar-refractivity contribution in [3.8, 4) is 17.6 Å². The van der Waals surface area contributed by atoms with Crippen molar-refractivity contribution in [2.24, 2.45) is 5.73 Å². The summed E-state index contributed by atoms with van der Waals surface area (Å²) in [5, 5.41) is 14.4. The van der Waals surface area contributed by atoms with E-state index in [4.69, 9.17) is 34.5 Å². The van der Waals surface area contributed by atoms with Crippen LogP contribution in [0.4, 0.5) is 5.82 Å². The summed E-state index contributed by atoms with van der Waals surface area (Å²) >= 11 is 0. The molecule has 0 saturated carbocycles. The zero-order valence-electron chi connectivity index (χ0n) is 21.6. The summed E-state index contributed by atoms with van der Waals surface area (Å²) in [5.41, 5.74) is 9.24. The molecule has 1 aromatic carbocycles. The first-order valence-electron chi connectivity index (χ1n) is 11.4. The first-order chi connectivity index (χ1) is 17.8. The van der Waals surface area contributed by atoms with Gasteiger partial charge in [0, 0.05) is 0 Å². The highest BCUT2D eigenvalue weighted by molar-refractivity contribution is 7.49. The number of phosphoric ester groups is 1. The number of phosphoric acid groups is 1. The Hall–Kier alpha value is -3.31. The lowest BCUT2D eigenvalue weighted by Gasteiger charge is -2.31. The van der Waals surface area contributed by atoms with Gasteiger partial charge in [-0.05, 0) is 46.8 Å². The zero-order valence-corrected chi connectivity index (χ0v) is 22.5. The number of hydrogen-bond donors (Lipinski definition) is 3. The molecule has 5 N–H and O–H groups in total. The Bertz CT molecular complexity index is 1240. The van der Waals surface area contributed by atoms with Crippen molar-refractivity contribution >= 4 is 19.6 Å². The van der Waals surface area contributed by atoms with Crippen LogP contribution in [0.15, 0.2) is 41.3 Å². The van der Waals surface area contributed by atoms with Crippen LogP contribution in [0.25, 0.3) is 0 Å². The van der Waals surface area contributed by atoms with Crippen LogP contribution in [-0.2, 0) is 27.9 Å². The van der Waals surface area contributed by atoms with E-state index in [0.29, 0.717) is 0 Å². The highest BCUT2D eigenvalue weighted by Gasteiger charge is 2.38. The van der Waals surface area contributed by atoms with Gasteiger partial charge in [-0.15, -0.1) is 5.92 Å². The van der Waals surface area contributed by atoms with Crippen LogP contribution in [0.2, 0.25) is 0 Å². The van der Waals surface area contributed by atoms with Crippen molar-refractivity contribution in [3.63, 3.8) is 0 Å². The lowest BCUT2D eigenvalue weighted by Crippen LogP contribution is -2.51. The maximum atomic E-state index is 13.5. The molecule has 1 unspecified atom stereocenters. The van der Waals surface area contributed by atoms with Crippen molar-refractivity contribution < 1.29 is 37.5 Å². The summed E-state index contributed by atoms with van der Waals surface area (Å²) in [4.78, 5) is 28.2. The number of rotatable bonds is 13. The number of nitrogens with two attached hydrogens (primary N) is 2. The molecule has 0 fully saturated rings. The molecule has 38 heavy (non-hydrogen) atoms. The SMILES string of the molecule is CC#CC(C)(N)[C@@H](O[C@@H](O)CO[P@](=O)(Oc1ccccc1)O[C@@H](C)C(=O)OC(C)C)n1ncc(N)nc1=O. The number of benzene rings is 1. The van der Waals surface area contributed by atoms with E-state index in [1.54, 1.807) is 32.0 Å². The molecule has 2 rings (SSSR count). The van der Waals surface area contributed by atoms with E-state index >= 15 is 0 Å². The normalized spacial score (nSPS) is 16.7. The third kappa shape index (κ3) is 9.21. The molecule has 0 radical (unpaired) electrons. The van der Waals surface area contributed by atoms with E-state index in [1.807, 2.05) is 0 Å². The zero-order chi connectivity index (χ0) is 28.5. The number of nitrogen functional groups attached to an aromatic ring is 1. The molecule has 2 aromatic rings. The number of ether oxygens (including phenoxy) is 2. The monoisotopic (exact) mass is 553 g/mol. The number of aliphatic hydroxyl groups excluding tert-OH is 1. The van der Waals surface area contributed by atoms with Gasteiger partial charge in [-0.3, -0.25) is 9.05 Å². The lowest BCUT2D eigenvalue weighted by atomic mass is 10.0. The summed E-state index contributed by atoms with van der Waals surface area (Å²) in [6, 6.07) is 7.89. The van der Waals surface area contributed by atoms with Crippen molar-refractivity contribution in [2.75, 3.05) is 12.3 Å². The fourth-order valence-corrected chi connectivity index (χ4v) is 4.22. The predicted molar refractivity (Wildman–Crippen MR) is 135 cm³/mol. The Balaban J connectivity index is 2.26. The van der Waals surface area contributed by atoms with Crippen LogP contribution >= 0.6 is 7.82 Å². The van der Waals surface area contributed by atoms with Gasteiger partial charge in [0.2, 0.25) is 0 Å². The van der Waals surface area contributed by atoms with E-state index in [9.17, 15) is 19.3 Å². The minimum Gasteiger partial charge on any atom is -0.461 e. The Kier molecular flexibility index (Phi) is 11.0. The van der Waals surface area contributed by atoms with Gasteiger partial charge in [0.1, 0.15) is 23.7 Å². The maximum Gasteiger partial charge on any atom is 0.531 e. The van der Waals surface area contributed by atoms with Crippen molar-refractivity contribution in [3.05, 3.63) is 47.0 Å². The molecular formula is C23H32N5O9P. The molecule has 0 bridgehead atoms. The Morgan fingerprint density at radius 2 is 1.92 bits per heavy atom. The van der Waals surface area contributed by atoms with Crippen molar-refractivity contribution in [1.82, 2.24) is 14.8 Å². The van der Waals surface area contributed by atoms with Crippen LogP contribution in [0.3, 0.4) is 0 Å². The Morgan fingerprint density at radius 3 is 2.50 bits per heavy atom. The molecule has 208 valence electrons. The molecule has 0 aliphatic heterocycles. The number of esters is 1. The van der Waals surface area contributed by atoms with Crippen molar-refractivity contribution in [2.45, 2.75) is 64.9 Å². The van der Waals surface area contributed by atoms with Crippen LogP contribution < -0.4 is 21.7 Å². The first kappa shape index (κ1) is 30.9. The second kappa shape index (κ2) is 13.5. The van der Waals surface area contributed by atoms with Gasteiger partial charge in [-0.2, -0.15) is 14.8 Å². The number of para-hydroxylation sites is 1. The fraction of sp³-hybridized carbons (Fsp3) is 0.478. The number of aliphatic hydroxyl groups is 1. The van der Waals surface area contributed by atoms with E-state index in [0.717, 1.165) is 10.9 Å². The fourth-order valence-electron chi connectivity index (χ4n) is 2.90. The lowest BCUT2D eigenvalue weighted by molar-refractivity contribution is -0.193.